The number of likely N-dealkylation sites (tertiary alicyclic amines) is 1. The summed E-state index contributed by atoms with van der Waals surface area (Å²) in [6.45, 7) is 3.73. The van der Waals surface area contributed by atoms with Crippen molar-refractivity contribution in [2.24, 2.45) is 10.9 Å². The Morgan fingerprint density at radius 3 is 2.96 bits per heavy atom. The molecule has 0 aliphatic carbocycles. The topological polar surface area (TPSA) is 58.3 Å². The Morgan fingerprint density at radius 2 is 2.22 bits per heavy atom. The van der Waals surface area contributed by atoms with Gasteiger partial charge in [-0.15, -0.1) is 0 Å². The molecule has 1 aliphatic heterocycles. The third-order valence-corrected chi connectivity index (χ3v) is 4.25. The summed E-state index contributed by atoms with van der Waals surface area (Å²) in [5.41, 5.74) is 1.42. The van der Waals surface area contributed by atoms with Gasteiger partial charge in [-0.25, -0.2) is 4.98 Å². The molecule has 0 bridgehead atoms. The summed E-state index contributed by atoms with van der Waals surface area (Å²) in [6.07, 6.45) is 5.66. The van der Waals surface area contributed by atoms with Crippen LogP contribution in [-0.2, 0) is 13.0 Å². The molecule has 1 atom stereocenters. The predicted molar refractivity (Wildman–Crippen MR) is 91.2 cm³/mol. The summed E-state index contributed by atoms with van der Waals surface area (Å²) in [5, 5.41) is 7.53. The van der Waals surface area contributed by atoms with E-state index in [1.54, 1.807) is 12.7 Å². The van der Waals surface area contributed by atoms with Crippen LogP contribution in [0.15, 0.2) is 48.0 Å². The molecule has 3 rings (SSSR count). The molecule has 6 nitrogen and oxygen atoms in total. The summed E-state index contributed by atoms with van der Waals surface area (Å²) in [5.74, 6) is 1.69. The predicted octanol–water partition coefficient (Wildman–Crippen LogP) is 1.42. The Morgan fingerprint density at radius 1 is 1.35 bits per heavy atom. The van der Waals surface area contributed by atoms with Crippen LogP contribution in [0.2, 0.25) is 0 Å². The lowest BCUT2D eigenvalue weighted by molar-refractivity contribution is 0.455. The number of aromatic nitrogens is 3. The van der Waals surface area contributed by atoms with Crippen LogP contribution in [0.4, 0.5) is 0 Å². The normalized spacial score (nSPS) is 18.4. The highest BCUT2D eigenvalue weighted by atomic mass is 15.3. The van der Waals surface area contributed by atoms with Gasteiger partial charge in [0.15, 0.2) is 5.96 Å². The molecule has 23 heavy (non-hydrogen) atoms. The van der Waals surface area contributed by atoms with Crippen molar-refractivity contribution in [3.05, 3.63) is 48.5 Å². The molecule has 1 aromatic carbocycles. The maximum Gasteiger partial charge on any atom is 0.193 e. The number of rotatable bonds is 5. The molecular weight excluding hydrogens is 288 g/mol. The minimum Gasteiger partial charge on any atom is -0.354 e. The average molecular weight is 312 g/mol. The first-order chi connectivity index (χ1) is 11.3. The number of nitrogens with zero attached hydrogens (tertiary/aromatic N) is 5. The van der Waals surface area contributed by atoms with Gasteiger partial charge in [-0.3, -0.25) is 9.67 Å². The van der Waals surface area contributed by atoms with Gasteiger partial charge < -0.3 is 10.2 Å². The highest BCUT2D eigenvalue weighted by Gasteiger charge is 2.24. The zero-order chi connectivity index (χ0) is 15.9. The van der Waals surface area contributed by atoms with Crippen molar-refractivity contribution in [1.29, 1.82) is 0 Å². The number of hydrogen-bond acceptors (Lipinski definition) is 3. The van der Waals surface area contributed by atoms with Gasteiger partial charge in [0.05, 0.1) is 6.54 Å². The largest absolute Gasteiger partial charge is 0.354 e. The van der Waals surface area contributed by atoms with E-state index in [1.165, 1.54) is 12.0 Å². The second-order valence-corrected chi connectivity index (χ2v) is 5.92. The van der Waals surface area contributed by atoms with Crippen molar-refractivity contribution in [3.63, 3.8) is 0 Å². The third-order valence-electron chi connectivity index (χ3n) is 4.25. The van der Waals surface area contributed by atoms with Crippen LogP contribution in [-0.4, -0.2) is 52.3 Å². The Bertz CT molecular complexity index is 607. The molecule has 1 fully saturated rings. The van der Waals surface area contributed by atoms with E-state index in [2.05, 4.69) is 55.6 Å². The van der Waals surface area contributed by atoms with Gasteiger partial charge in [0.2, 0.25) is 0 Å². The molecule has 1 aliphatic rings. The van der Waals surface area contributed by atoms with Crippen molar-refractivity contribution >= 4 is 5.96 Å². The molecule has 6 heteroatoms. The van der Waals surface area contributed by atoms with Crippen LogP contribution >= 0.6 is 0 Å². The molecule has 0 amide bonds. The second kappa shape index (κ2) is 7.76. The minimum atomic E-state index is 0.700. The maximum absolute atomic E-state index is 4.42. The Kier molecular flexibility index (Phi) is 5.24. The van der Waals surface area contributed by atoms with E-state index in [4.69, 9.17) is 0 Å². The number of guanidine groups is 1. The summed E-state index contributed by atoms with van der Waals surface area (Å²) >= 11 is 0. The molecule has 1 saturated heterocycles. The first-order valence-corrected chi connectivity index (χ1v) is 8.17. The third kappa shape index (κ3) is 4.31. The quantitative estimate of drug-likeness (QED) is 0.670. The monoisotopic (exact) mass is 312 g/mol. The van der Waals surface area contributed by atoms with Gasteiger partial charge in [-0.05, 0) is 24.3 Å². The summed E-state index contributed by atoms with van der Waals surface area (Å²) in [4.78, 5) is 10.7. The van der Waals surface area contributed by atoms with E-state index in [-0.39, 0.29) is 0 Å². The van der Waals surface area contributed by atoms with Crippen molar-refractivity contribution in [3.8, 4) is 0 Å². The van der Waals surface area contributed by atoms with Crippen LogP contribution in [0, 0.1) is 5.92 Å². The Balaban J connectivity index is 1.46. The van der Waals surface area contributed by atoms with Gasteiger partial charge in [0, 0.05) is 26.7 Å². The first kappa shape index (κ1) is 15.5. The van der Waals surface area contributed by atoms with E-state index in [0.717, 1.165) is 38.6 Å². The van der Waals surface area contributed by atoms with Crippen LogP contribution in [0.25, 0.3) is 0 Å². The minimum absolute atomic E-state index is 0.700. The van der Waals surface area contributed by atoms with Gasteiger partial charge >= 0.3 is 0 Å². The summed E-state index contributed by atoms with van der Waals surface area (Å²) in [6, 6.07) is 10.7. The smallest absolute Gasteiger partial charge is 0.193 e. The molecule has 2 aromatic rings. The fourth-order valence-corrected chi connectivity index (χ4v) is 3.10. The van der Waals surface area contributed by atoms with Crippen LogP contribution in [0.3, 0.4) is 0 Å². The highest BCUT2D eigenvalue weighted by molar-refractivity contribution is 5.80. The molecule has 122 valence electrons. The molecule has 0 radical (unpaired) electrons. The number of aliphatic imine (C=N–C) groups is 1. The number of benzene rings is 1. The van der Waals surface area contributed by atoms with Crippen molar-refractivity contribution in [2.45, 2.75) is 19.4 Å². The molecule has 1 N–H and O–H groups in total. The van der Waals surface area contributed by atoms with E-state index in [1.807, 2.05) is 11.7 Å². The van der Waals surface area contributed by atoms with Gasteiger partial charge in [0.1, 0.15) is 12.7 Å². The molecule has 0 saturated carbocycles. The fraction of sp³-hybridized carbons (Fsp3) is 0.471. The Labute approximate surface area is 137 Å². The standard InChI is InChI=1S/C17H24N6/c1-18-17(20-8-10-23-14-19-13-21-23)22-9-7-16(12-22)11-15-5-3-2-4-6-15/h2-6,13-14,16H,7-12H2,1H3,(H,18,20). The maximum atomic E-state index is 4.42. The van der Waals surface area contributed by atoms with Crippen molar-refractivity contribution in [1.82, 2.24) is 25.0 Å². The van der Waals surface area contributed by atoms with E-state index < -0.39 is 0 Å². The van der Waals surface area contributed by atoms with Gasteiger partial charge in [-0.2, -0.15) is 5.10 Å². The van der Waals surface area contributed by atoms with Crippen molar-refractivity contribution in [2.75, 3.05) is 26.7 Å². The van der Waals surface area contributed by atoms with Crippen LogP contribution in [0.1, 0.15) is 12.0 Å². The molecule has 0 spiro atoms. The second-order valence-electron chi connectivity index (χ2n) is 5.92. The summed E-state index contributed by atoms with van der Waals surface area (Å²) < 4.78 is 1.82. The SMILES string of the molecule is CN=C(NCCn1cncn1)N1CCC(Cc2ccccc2)C1. The number of hydrogen-bond donors (Lipinski definition) is 1. The van der Waals surface area contributed by atoms with Crippen LogP contribution < -0.4 is 5.32 Å². The van der Waals surface area contributed by atoms with E-state index in [0.29, 0.717) is 5.92 Å². The number of nitrogens with one attached hydrogen (secondary N) is 1. The fourth-order valence-electron chi connectivity index (χ4n) is 3.10. The highest BCUT2D eigenvalue weighted by Crippen LogP contribution is 2.20. The van der Waals surface area contributed by atoms with Crippen molar-refractivity contribution < 1.29 is 0 Å². The zero-order valence-electron chi connectivity index (χ0n) is 13.6. The van der Waals surface area contributed by atoms with Gasteiger partial charge in [-0.1, -0.05) is 30.3 Å². The van der Waals surface area contributed by atoms with Crippen LogP contribution in [0.5, 0.6) is 0 Å². The zero-order valence-corrected chi connectivity index (χ0v) is 13.6. The lowest BCUT2D eigenvalue weighted by Gasteiger charge is -2.21. The molecule has 2 heterocycles. The van der Waals surface area contributed by atoms with Gasteiger partial charge in [0.25, 0.3) is 0 Å². The average Bonchev–Trinajstić information content (AvgIpc) is 3.25. The first-order valence-electron chi connectivity index (χ1n) is 8.17. The Hall–Kier alpha value is -2.37. The molecular formula is C17H24N6. The molecule has 1 aromatic heterocycles. The van der Waals surface area contributed by atoms with E-state index >= 15 is 0 Å². The van der Waals surface area contributed by atoms with E-state index in [9.17, 15) is 0 Å². The summed E-state index contributed by atoms with van der Waals surface area (Å²) in [7, 11) is 1.85. The molecule has 1 unspecified atom stereocenters. The lowest BCUT2D eigenvalue weighted by atomic mass is 9.99. The lowest BCUT2D eigenvalue weighted by Crippen LogP contribution is -2.41.